The van der Waals surface area contributed by atoms with Crippen LogP contribution in [0.4, 0.5) is 0 Å². The molecule has 0 bridgehead atoms. The highest BCUT2D eigenvalue weighted by Crippen LogP contribution is 2.31. The van der Waals surface area contributed by atoms with Gasteiger partial charge in [0.15, 0.2) is 0 Å². The van der Waals surface area contributed by atoms with Crippen molar-refractivity contribution >= 4 is 10.8 Å². The van der Waals surface area contributed by atoms with Crippen molar-refractivity contribution in [3.63, 3.8) is 0 Å². The van der Waals surface area contributed by atoms with Gasteiger partial charge in [0.25, 0.3) is 0 Å². The topological polar surface area (TPSA) is 52.8 Å². The van der Waals surface area contributed by atoms with E-state index in [0.29, 0.717) is 6.54 Å². The molecule has 0 aliphatic carbocycles. The Bertz CT molecular complexity index is 1040. The summed E-state index contributed by atoms with van der Waals surface area (Å²) >= 11 is 0. The van der Waals surface area contributed by atoms with Crippen molar-refractivity contribution in [2.45, 2.75) is 13.5 Å². The number of aromatic nitrogens is 4. The average Bonchev–Trinajstić information content (AvgIpc) is 3.05. The van der Waals surface area contributed by atoms with Gasteiger partial charge in [0.1, 0.15) is 11.6 Å². The standard InChI is InChI=1S/C20H18N4O/c1-14-21-8-9-24(14)13-17-10-16(12-22-23-17)19-5-3-4-15-6-7-18(25-2)11-20(15)19/h3-12H,13H2,1-2H3. The number of methoxy groups -OCH3 is 1. The van der Waals surface area contributed by atoms with Gasteiger partial charge in [-0.25, -0.2) is 4.98 Å². The number of aryl methyl sites for hydroxylation is 1. The molecule has 2 heterocycles. The lowest BCUT2D eigenvalue weighted by Gasteiger charge is -2.10. The highest BCUT2D eigenvalue weighted by atomic mass is 16.5. The molecule has 0 atom stereocenters. The molecule has 0 saturated heterocycles. The maximum Gasteiger partial charge on any atom is 0.119 e. The van der Waals surface area contributed by atoms with Gasteiger partial charge in [0, 0.05) is 18.0 Å². The molecule has 4 aromatic rings. The molecule has 124 valence electrons. The lowest BCUT2D eigenvalue weighted by molar-refractivity contribution is 0.415. The van der Waals surface area contributed by atoms with Crippen molar-refractivity contribution in [1.82, 2.24) is 19.7 Å². The monoisotopic (exact) mass is 330 g/mol. The van der Waals surface area contributed by atoms with Gasteiger partial charge < -0.3 is 9.30 Å². The Morgan fingerprint density at radius 1 is 1.12 bits per heavy atom. The molecule has 0 fully saturated rings. The molecule has 25 heavy (non-hydrogen) atoms. The van der Waals surface area contributed by atoms with Crippen LogP contribution in [-0.4, -0.2) is 26.9 Å². The predicted octanol–water partition coefficient (Wildman–Crippen LogP) is 3.86. The van der Waals surface area contributed by atoms with Crippen LogP contribution in [0.1, 0.15) is 11.5 Å². The molecule has 4 rings (SSSR count). The van der Waals surface area contributed by atoms with Crippen LogP contribution in [0, 0.1) is 6.92 Å². The third-order valence-corrected chi connectivity index (χ3v) is 4.36. The summed E-state index contributed by atoms with van der Waals surface area (Å²) in [5.74, 6) is 1.80. The third-order valence-electron chi connectivity index (χ3n) is 4.36. The Kier molecular flexibility index (Phi) is 3.90. The highest BCUT2D eigenvalue weighted by molar-refractivity contribution is 5.97. The predicted molar refractivity (Wildman–Crippen MR) is 97.6 cm³/mol. The molecule has 0 aliphatic heterocycles. The van der Waals surface area contributed by atoms with Crippen LogP contribution in [-0.2, 0) is 6.54 Å². The number of ether oxygens (including phenoxy) is 1. The second-order valence-electron chi connectivity index (χ2n) is 5.93. The fourth-order valence-electron chi connectivity index (χ4n) is 3.01. The van der Waals surface area contributed by atoms with E-state index in [0.717, 1.165) is 33.8 Å². The van der Waals surface area contributed by atoms with Crippen molar-refractivity contribution in [1.29, 1.82) is 0 Å². The quantitative estimate of drug-likeness (QED) is 0.570. The number of hydrogen-bond acceptors (Lipinski definition) is 4. The summed E-state index contributed by atoms with van der Waals surface area (Å²) in [6.45, 7) is 2.63. The zero-order valence-corrected chi connectivity index (χ0v) is 14.2. The molecule has 0 radical (unpaired) electrons. The van der Waals surface area contributed by atoms with Gasteiger partial charge in [-0.1, -0.05) is 24.3 Å². The van der Waals surface area contributed by atoms with Crippen LogP contribution in [0.5, 0.6) is 5.75 Å². The van der Waals surface area contributed by atoms with E-state index >= 15 is 0 Å². The molecule has 2 aromatic carbocycles. The molecule has 0 spiro atoms. The van der Waals surface area contributed by atoms with Gasteiger partial charge >= 0.3 is 0 Å². The first-order valence-corrected chi connectivity index (χ1v) is 8.11. The van der Waals surface area contributed by atoms with E-state index in [1.807, 2.05) is 19.2 Å². The number of hydrogen-bond donors (Lipinski definition) is 0. The fourth-order valence-corrected chi connectivity index (χ4v) is 3.01. The van der Waals surface area contributed by atoms with Crippen molar-refractivity contribution in [2.75, 3.05) is 7.11 Å². The SMILES string of the molecule is COc1ccc2cccc(-c3cnnc(Cn4ccnc4C)c3)c2c1. The van der Waals surface area contributed by atoms with Gasteiger partial charge in [-0.15, -0.1) is 0 Å². The summed E-state index contributed by atoms with van der Waals surface area (Å²) < 4.78 is 7.44. The first kappa shape index (κ1) is 15.3. The minimum atomic E-state index is 0.654. The van der Waals surface area contributed by atoms with Crippen molar-refractivity contribution in [3.05, 3.63) is 72.6 Å². The van der Waals surface area contributed by atoms with E-state index in [4.69, 9.17) is 4.74 Å². The maximum absolute atomic E-state index is 5.38. The Labute approximate surface area is 145 Å². The summed E-state index contributed by atoms with van der Waals surface area (Å²) in [5.41, 5.74) is 3.06. The fraction of sp³-hybridized carbons (Fsp3) is 0.150. The average molecular weight is 330 g/mol. The highest BCUT2D eigenvalue weighted by Gasteiger charge is 2.08. The molecule has 0 amide bonds. The lowest BCUT2D eigenvalue weighted by Crippen LogP contribution is -2.04. The smallest absolute Gasteiger partial charge is 0.119 e. The first-order valence-electron chi connectivity index (χ1n) is 8.11. The molecule has 2 aromatic heterocycles. The van der Waals surface area contributed by atoms with Crippen LogP contribution in [0.3, 0.4) is 0 Å². The molecule has 0 unspecified atom stereocenters. The zero-order valence-electron chi connectivity index (χ0n) is 14.2. The number of fused-ring (bicyclic) bond motifs is 1. The van der Waals surface area contributed by atoms with Gasteiger partial charge in [-0.05, 0) is 41.5 Å². The van der Waals surface area contributed by atoms with E-state index in [2.05, 4.69) is 56.1 Å². The van der Waals surface area contributed by atoms with E-state index in [9.17, 15) is 0 Å². The Balaban J connectivity index is 1.78. The summed E-state index contributed by atoms with van der Waals surface area (Å²) in [6.07, 6.45) is 5.55. The maximum atomic E-state index is 5.38. The number of nitrogens with zero attached hydrogens (tertiary/aromatic N) is 4. The summed E-state index contributed by atoms with van der Waals surface area (Å²) in [6, 6.07) is 14.5. The zero-order chi connectivity index (χ0) is 17.2. The van der Waals surface area contributed by atoms with Crippen LogP contribution in [0.25, 0.3) is 21.9 Å². The van der Waals surface area contributed by atoms with Crippen LogP contribution in [0.15, 0.2) is 61.1 Å². The number of benzene rings is 2. The van der Waals surface area contributed by atoms with Gasteiger partial charge in [0.05, 0.1) is 25.5 Å². The van der Waals surface area contributed by atoms with E-state index in [1.54, 1.807) is 19.5 Å². The van der Waals surface area contributed by atoms with Crippen molar-refractivity contribution in [3.8, 4) is 16.9 Å². The largest absolute Gasteiger partial charge is 0.497 e. The lowest BCUT2D eigenvalue weighted by atomic mass is 9.99. The van der Waals surface area contributed by atoms with E-state index in [-0.39, 0.29) is 0 Å². The van der Waals surface area contributed by atoms with Gasteiger partial charge in [-0.3, -0.25) is 0 Å². The van der Waals surface area contributed by atoms with Crippen molar-refractivity contribution in [2.24, 2.45) is 0 Å². The summed E-state index contributed by atoms with van der Waals surface area (Å²) in [7, 11) is 1.68. The molecule has 5 heteroatoms. The number of rotatable bonds is 4. The summed E-state index contributed by atoms with van der Waals surface area (Å²) in [5, 5.41) is 10.8. The molecular formula is C20H18N4O. The molecule has 0 aliphatic rings. The molecule has 0 saturated carbocycles. The number of imidazole rings is 1. The Morgan fingerprint density at radius 2 is 2.04 bits per heavy atom. The molecular weight excluding hydrogens is 312 g/mol. The summed E-state index contributed by atoms with van der Waals surface area (Å²) in [4.78, 5) is 4.25. The van der Waals surface area contributed by atoms with E-state index < -0.39 is 0 Å². The Morgan fingerprint density at radius 3 is 2.84 bits per heavy atom. The normalized spacial score (nSPS) is 11.0. The minimum absolute atomic E-state index is 0.654. The second-order valence-corrected chi connectivity index (χ2v) is 5.93. The van der Waals surface area contributed by atoms with Crippen LogP contribution >= 0.6 is 0 Å². The van der Waals surface area contributed by atoms with Crippen LogP contribution < -0.4 is 4.74 Å². The van der Waals surface area contributed by atoms with Crippen molar-refractivity contribution < 1.29 is 4.74 Å². The Hall–Kier alpha value is -3.21. The molecule has 5 nitrogen and oxygen atoms in total. The third kappa shape index (κ3) is 2.96. The molecule has 0 N–H and O–H groups in total. The van der Waals surface area contributed by atoms with Gasteiger partial charge in [-0.2, -0.15) is 10.2 Å². The minimum Gasteiger partial charge on any atom is -0.497 e. The van der Waals surface area contributed by atoms with Crippen LogP contribution in [0.2, 0.25) is 0 Å². The first-order chi connectivity index (χ1) is 12.2. The van der Waals surface area contributed by atoms with E-state index in [1.165, 1.54) is 5.39 Å². The van der Waals surface area contributed by atoms with Gasteiger partial charge in [0.2, 0.25) is 0 Å². The second kappa shape index (κ2) is 6.36.